The van der Waals surface area contributed by atoms with Crippen molar-refractivity contribution < 1.29 is 28.7 Å². The second kappa shape index (κ2) is 8.87. The van der Waals surface area contributed by atoms with Crippen molar-refractivity contribution in [3.63, 3.8) is 0 Å². The third-order valence-corrected chi connectivity index (χ3v) is 5.23. The Hall–Kier alpha value is -3.53. The zero-order chi connectivity index (χ0) is 21.8. The number of nitro benzene ring substituents is 1. The summed E-state index contributed by atoms with van der Waals surface area (Å²) in [5.74, 6) is 0.763. The number of amides is 2. The third-order valence-electron chi connectivity index (χ3n) is 4.32. The smallest absolute Gasteiger partial charge is 0.293 e. The molecule has 1 saturated heterocycles. The molecule has 156 valence electrons. The lowest BCUT2D eigenvalue weighted by Crippen LogP contribution is -2.27. The van der Waals surface area contributed by atoms with Crippen molar-refractivity contribution >= 4 is 34.7 Å². The Morgan fingerprint density at radius 2 is 1.73 bits per heavy atom. The quantitative estimate of drug-likeness (QED) is 0.370. The highest BCUT2D eigenvalue weighted by molar-refractivity contribution is 8.18. The normalized spacial score (nSPS) is 14.9. The molecule has 0 atom stereocenters. The highest BCUT2D eigenvalue weighted by atomic mass is 32.2. The van der Waals surface area contributed by atoms with E-state index in [1.807, 2.05) is 0 Å². The van der Waals surface area contributed by atoms with Gasteiger partial charge in [0.05, 0.1) is 37.7 Å². The Bertz CT molecular complexity index is 1030. The van der Waals surface area contributed by atoms with E-state index in [4.69, 9.17) is 14.2 Å². The molecule has 0 N–H and O–H groups in total. The topological polar surface area (TPSA) is 108 Å². The summed E-state index contributed by atoms with van der Waals surface area (Å²) in [5.41, 5.74) is 0.971. The van der Waals surface area contributed by atoms with Crippen LogP contribution in [-0.2, 0) is 11.3 Å². The summed E-state index contributed by atoms with van der Waals surface area (Å²) in [7, 11) is 4.45. The van der Waals surface area contributed by atoms with Gasteiger partial charge in [-0.15, -0.1) is 0 Å². The van der Waals surface area contributed by atoms with Gasteiger partial charge in [0.1, 0.15) is 0 Å². The summed E-state index contributed by atoms with van der Waals surface area (Å²) < 4.78 is 15.9. The summed E-state index contributed by atoms with van der Waals surface area (Å²) in [4.78, 5) is 36.8. The van der Waals surface area contributed by atoms with Gasteiger partial charge in [-0.05, 0) is 41.1 Å². The largest absolute Gasteiger partial charge is 0.493 e. The van der Waals surface area contributed by atoms with Gasteiger partial charge in [-0.2, -0.15) is 0 Å². The maximum atomic E-state index is 12.8. The van der Waals surface area contributed by atoms with E-state index in [0.717, 1.165) is 16.7 Å². The molecule has 0 aliphatic carbocycles. The van der Waals surface area contributed by atoms with Crippen LogP contribution in [0.5, 0.6) is 17.2 Å². The molecule has 2 aromatic rings. The number of nitrogens with zero attached hydrogens (tertiary/aromatic N) is 2. The number of carbonyl (C=O) groups is 2. The van der Waals surface area contributed by atoms with Crippen LogP contribution in [0.15, 0.2) is 41.3 Å². The van der Waals surface area contributed by atoms with Gasteiger partial charge < -0.3 is 14.2 Å². The fourth-order valence-electron chi connectivity index (χ4n) is 2.92. The highest BCUT2D eigenvalue weighted by Gasteiger charge is 2.35. The van der Waals surface area contributed by atoms with Crippen molar-refractivity contribution in [2.45, 2.75) is 6.54 Å². The molecule has 3 rings (SSSR count). The van der Waals surface area contributed by atoms with E-state index in [1.165, 1.54) is 39.5 Å². The lowest BCUT2D eigenvalue weighted by atomic mass is 10.1. The monoisotopic (exact) mass is 430 g/mol. The maximum Gasteiger partial charge on any atom is 0.293 e. The van der Waals surface area contributed by atoms with E-state index in [0.29, 0.717) is 28.4 Å². The molecule has 1 aliphatic rings. The average molecular weight is 430 g/mol. The number of nitro groups is 1. The van der Waals surface area contributed by atoms with Gasteiger partial charge in [0.25, 0.3) is 16.8 Å². The zero-order valence-electron chi connectivity index (χ0n) is 16.4. The standard InChI is InChI=1S/C20H18N2O7S/c1-27-15-8-13(9-16(28-2)18(15)29-3)10-17-19(23)21(20(24)30-17)11-12-5-4-6-14(7-12)22(25)26/h4-10H,11H2,1-3H3/b17-10-. The van der Waals surface area contributed by atoms with Crippen LogP contribution in [-0.4, -0.2) is 42.3 Å². The van der Waals surface area contributed by atoms with Gasteiger partial charge >= 0.3 is 0 Å². The third kappa shape index (κ3) is 4.23. The van der Waals surface area contributed by atoms with Crippen molar-refractivity contribution in [1.29, 1.82) is 0 Å². The van der Waals surface area contributed by atoms with E-state index in [1.54, 1.807) is 24.3 Å². The maximum absolute atomic E-state index is 12.8. The number of ether oxygens (including phenoxy) is 3. The predicted molar refractivity (Wildman–Crippen MR) is 111 cm³/mol. The molecule has 0 spiro atoms. The zero-order valence-corrected chi connectivity index (χ0v) is 17.2. The molecule has 2 amide bonds. The van der Waals surface area contributed by atoms with Crippen LogP contribution in [0.2, 0.25) is 0 Å². The van der Waals surface area contributed by atoms with E-state index >= 15 is 0 Å². The van der Waals surface area contributed by atoms with E-state index in [9.17, 15) is 19.7 Å². The highest BCUT2D eigenvalue weighted by Crippen LogP contribution is 2.40. The van der Waals surface area contributed by atoms with Crippen LogP contribution < -0.4 is 14.2 Å². The number of carbonyl (C=O) groups excluding carboxylic acids is 2. The van der Waals surface area contributed by atoms with Gasteiger partial charge in [0.15, 0.2) is 11.5 Å². The minimum atomic E-state index is -0.526. The number of hydrogen-bond donors (Lipinski definition) is 0. The first kappa shape index (κ1) is 21.2. The van der Waals surface area contributed by atoms with E-state index < -0.39 is 16.1 Å². The average Bonchev–Trinajstić information content (AvgIpc) is 3.00. The number of non-ortho nitro benzene ring substituents is 1. The molecule has 0 bridgehead atoms. The van der Waals surface area contributed by atoms with Crippen LogP contribution in [0, 0.1) is 10.1 Å². The summed E-state index contributed by atoms with van der Waals surface area (Å²) in [6.07, 6.45) is 1.56. The lowest BCUT2D eigenvalue weighted by molar-refractivity contribution is -0.384. The molecule has 1 fully saturated rings. The van der Waals surface area contributed by atoms with Gasteiger partial charge in [0.2, 0.25) is 5.75 Å². The Morgan fingerprint density at radius 3 is 2.30 bits per heavy atom. The van der Waals surface area contributed by atoms with Gasteiger partial charge in [-0.1, -0.05) is 12.1 Å². The second-order valence-electron chi connectivity index (χ2n) is 6.15. The molecule has 0 radical (unpaired) electrons. The SMILES string of the molecule is COc1cc(/C=C2\SC(=O)N(Cc3cccc([N+](=O)[O-])c3)C2=O)cc(OC)c1OC. The first-order chi connectivity index (χ1) is 14.4. The molecule has 2 aromatic carbocycles. The first-order valence-corrected chi connectivity index (χ1v) is 9.48. The number of benzene rings is 2. The molecule has 0 unspecified atom stereocenters. The lowest BCUT2D eigenvalue weighted by Gasteiger charge is -2.13. The minimum absolute atomic E-state index is 0.0566. The predicted octanol–water partition coefficient (Wildman–Crippen LogP) is 3.86. The Labute approximate surface area is 176 Å². The van der Waals surface area contributed by atoms with Crippen molar-refractivity contribution in [1.82, 2.24) is 4.90 Å². The minimum Gasteiger partial charge on any atom is -0.493 e. The molecule has 1 heterocycles. The molecule has 9 nitrogen and oxygen atoms in total. The van der Waals surface area contributed by atoms with Crippen molar-refractivity contribution in [3.8, 4) is 17.2 Å². The number of rotatable bonds is 7. The number of thioether (sulfide) groups is 1. The second-order valence-corrected chi connectivity index (χ2v) is 7.15. The number of imide groups is 1. The van der Waals surface area contributed by atoms with Crippen molar-refractivity contribution in [2.75, 3.05) is 21.3 Å². The summed E-state index contributed by atoms with van der Waals surface area (Å²) in [5, 5.41) is 10.5. The summed E-state index contributed by atoms with van der Waals surface area (Å²) in [6.45, 7) is -0.0566. The molecule has 1 aliphatic heterocycles. The Morgan fingerprint density at radius 1 is 1.07 bits per heavy atom. The molecular formula is C20H18N2O7S. The Kier molecular flexibility index (Phi) is 6.26. The number of methoxy groups -OCH3 is 3. The summed E-state index contributed by atoms with van der Waals surface area (Å²) in [6, 6.07) is 9.15. The number of hydrogen-bond acceptors (Lipinski definition) is 8. The van der Waals surface area contributed by atoms with Gasteiger partial charge in [-0.3, -0.25) is 24.6 Å². The first-order valence-electron chi connectivity index (χ1n) is 8.66. The molecule has 0 aromatic heterocycles. The van der Waals surface area contributed by atoms with Crippen LogP contribution in [0.4, 0.5) is 10.5 Å². The Balaban J connectivity index is 1.88. The van der Waals surface area contributed by atoms with Gasteiger partial charge in [0, 0.05) is 12.1 Å². The van der Waals surface area contributed by atoms with Crippen LogP contribution in [0.3, 0.4) is 0 Å². The van der Waals surface area contributed by atoms with E-state index in [-0.39, 0.29) is 17.1 Å². The fourth-order valence-corrected chi connectivity index (χ4v) is 3.76. The van der Waals surface area contributed by atoms with Crippen LogP contribution in [0.25, 0.3) is 6.08 Å². The summed E-state index contributed by atoms with van der Waals surface area (Å²) >= 11 is 0.795. The fraction of sp³-hybridized carbons (Fsp3) is 0.200. The van der Waals surface area contributed by atoms with Crippen LogP contribution in [0.1, 0.15) is 11.1 Å². The molecule has 0 saturated carbocycles. The van der Waals surface area contributed by atoms with Gasteiger partial charge in [-0.25, -0.2) is 0 Å². The van der Waals surface area contributed by atoms with Crippen molar-refractivity contribution in [3.05, 3.63) is 62.5 Å². The molecule has 30 heavy (non-hydrogen) atoms. The van der Waals surface area contributed by atoms with Crippen LogP contribution >= 0.6 is 11.8 Å². The van der Waals surface area contributed by atoms with Crippen molar-refractivity contribution in [2.24, 2.45) is 0 Å². The molecule has 10 heteroatoms. The molecular weight excluding hydrogens is 412 g/mol. The van der Waals surface area contributed by atoms with E-state index in [2.05, 4.69) is 0 Å².